The Morgan fingerprint density at radius 3 is 1.15 bits per heavy atom. The van der Waals surface area contributed by atoms with Crippen molar-refractivity contribution in [3.8, 4) is 0 Å². The Morgan fingerprint density at radius 2 is 0.765 bits per heavy atom. The van der Waals surface area contributed by atoms with Crippen LogP contribution in [0.3, 0.4) is 0 Å². The fraction of sp³-hybridized carbons (Fsp3) is 0.800. The highest BCUT2D eigenvalue weighted by Crippen LogP contribution is 2.43. The molecule has 4 heteroatoms. The summed E-state index contributed by atoms with van der Waals surface area (Å²) in [5, 5.41) is 0. The van der Waals surface area contributed by atoms with Gasteiger partial charge in [0, 0.05) is 19.6 Å². The molecule has 0 amide bonds. The summed E-state index contributed by atoms with van der Waals surface area (Å²) in [4.78, 5) is 6.27. The molecule has 0 aliphatic carbocycles. The van der Waals surface area contributed by atoms with Gasteiger partial charge in [-0.1, -0.05) is 105 Å². The molecule has 0 bridgehead atoms. The van der Waals surface area contributed by atoms with Gasteiger partial charge in [0.25, 0.3) is 0 Å². The van der Waals surface area contributed by atoms with Crippen molar-refractivity contribution in [2.45, 2.75) is 150 Å². The zero-order valence-electron chi connectivity index (χ0n) is 22.9. The zero-order valence-corrected chi connectivity index (χ0v) is 26.2. The Labute approximate surface area is 231 Å². The second-order valence-electron chi connectivity index (χ2n) is 9.39. The van der Waals surface area contributed by atoms with Gasteiger partial charge in [-0.2, -0.15) is 0 Å². The topological polar surface area (TPSA) is 0 Å². The second kappa shape index (κ2) is 24.0. The summed E-state index contributed by atoms with van der Waals surface area (Å²) in [5.74, 6) is 5.09. The summed E-state index contributed by atoms with van der Waals surface area (Å²) in [5.41, 5.74) is 0. The van der Waals surface area contributed by atoms with Crippen molar-refractivity contribution in [1.82, 2.24) is 0 Å². The maximum absolute atomic E-state index is 2.55. The summed E-state index contributed by atoms with van der Waals surface area (Å²) >= 11 is 8.54. The van der Waals surface area contributed by atoms with E-state index in [0.29, 0.717) is 0 Å². The maximum Gasteiger partial charge on any atom is 0.0345 e. The van der Waals surface area contributed by atoms with E-state index in [0.717, 1.165) is 0 Å². The average Bonchev–Trinajstić information content (AvgIpc) is 2.84. The minimum Gasteiger partial charge on any atom is -0.126 e. The van der Waals surface area contributed by atoms with E-state index in [1.165, 1.54) is 131 Å². The van der Waals surface area contributed by atoms with Gasteiger partial charge in [0.05, 0.1) is 0 Å². The standard InChI is InChI=1S/C30H54S4/c1-5-9-13-17-21-31-27-25-28(32-22-18-14-10-6-2)30(34-24-20-16-12-8-4)29(26-27)33-23-19-15-11-7-3/h25-26H,5-24H2,1-4H3. The van der Waals surface area contributed by atoms with Crippen molar-refractivity contribution < 1.29 is 0 Å². The van der Waals surface area contributed by atoms with Crippen molar-refractivity contribution in [2.24, 2.45) is 0 Å². The second-order valence-corrected chi connectivity index (χ2v) is 13.9. The molecule has 0 aromatic heterocycles. The summed E-state index contributed by atoms with van der Waals surface area (Å²) in [6.45, 7) is 9.24. The minimum atomic E-state index is 1.27. The fourth-order valence-corrected chi connectivity index (χ4v) is 8.74. The van der Waals surface area contributed by atoms with Crippen LogP contribution >= 0.6 is 47.0 Å². The Hall–Kier alpha value is 0.620. The maximum atomic E-state index is 2.55. The van der Waals surface area contributed by atoms with Crippen molar-refractivity contribution >= 4 is 47.0 Å². The third kappa shape index (κ3) is 16.4. The van der Waals surface area contributed by atoms with Crippen LogP contribution in [0.15, 0.2) is 31.7 Å². The summed E-state index contributed by atoms with van der Waals surface area (Å²) in [7, 11) is 0. The molecule has 0 heterocycles. The smallest absolute Gasteiger partial charge is 0.0345 e. The van der Waals surface area contributed by atoms with Crippen LogP contribution in [0.25, 0.3) is 0 Å². The first kappa shape index (κ1) is 32.6. The van der Waals surface area contributed by atoms with Crippen LogP contribution in [0.2, 0.25) is 0 Å². The van der Waals surface area contributed by atoms with Crippen molar-refractivity contribution in [3.05, 3.63) is 12.1 Å². The van der Waals surface area contributed by atoms with Crippen LogP contribution in [0.4, 0.5) is 0 Å². The van der Waals surface area contributed by atoms with E-state index in [1.54, 1.807) is 14.7 Å². The van der Waals surface area contributed by atoms with E-state index >= 15 is 0 Å². The van der Waals surface area contributed by atoms with Crippen molar-refractivity contribution in [2.75, 3.05) is 23.0 Å². The first-order valence-electron chi connectivity index (χ1n) is 14.5. The van der Waals surface area contributed by atoms with Gasteiger partial charge in [-0.3, -0.25) is 0 Å². The predicted molar refractivity (Wildman–Crippen MR) is 166 cm³/mol. The number of thioether (sulfide) groups is 4. The minimum absolute atomic E-state index is 1.27. The number of hydrogen-bond acceptors (Lipinski definition) is 4. The van der Waals surface area contributed by atoms with Gasteiger partial charge < -0.3 is 0 Å². The quantitative estimate of drug-likeness (QED) is 0.0940. The van der Waals surface area contributed by atoms with E-state index in [-0.39, 0.29) is 0 Å². The van der Waals surface area contributed by atoms with Gasteiger partial charge in [0.1, 0.15) is 0 Å². The number of unbranched alkanes of at least 4 members (excludes halogenated alkanes) is 12. The molecule has 0 fully saturated rings. The molecule has 34 heavy (non-hydrogen) atoms. The normalized spacial score (nSPS) is 11.4. The highest BCUT2D eigenvalue weighted by atomic mass is 32.2. The highest BCUT2D eigenvalue weighted by Gasteiger charge is 2.14. The van der Waals surface area contributed by atoms with E-state index in [2.05, 4.69) is 86.9 Å². The Bertz CT molecular complexity index is 552. The lowest BCUT2D eigenvalue weighted by Crippen LogP contribution is -1.93. The third-order valence-electron chi connectivity index (χ3n) is 6.02. The molecule has 0 unspecified atom stereocenters. The van der Waals surface area contributed by atoms with Gasteiger partial charge in [0.15, 0.2) is 0 Å². The number of hydrogen-bond donors (Lipinski definition) is 0. The average molecular weight is 543 g/mol. The van der Waals surface area contributed by atoms with E-state index in [4.69, 9.17) is 0 Å². The third-order valence-corrected chi connectivity index (χ3v) is 10.8. The number of rotatable bonds is 24. The van der Waals surface area contributed by atoms with Gasteiger partial charge in [-0.25, -0.2) is 0 Å². The first-order valence-corrected chi connectivity index (χ1v) is 18.4. The molecular weight excluding hydrogens is 489 g/mol. The summed E-state index contributed by atoms with van der Waals surface area (Å²) in [6.07, 6.45) is 21.8. The molecule has 0 spiro atoms. The molecule has 0 atom stereocenters. The van der Waals surface area contributed by atoms with Crippen LogP contribution in [0, 0.1) is 0 Å². The van der Waals surface area contributed by atoms with Crippen molar-refractivity contribution in [1.29, 1.82) is 0 Å². The molecular formula is C30H54S4. The lowest BCUT2D eigenvalue weighted by molar-refractivity contribution is 0.705. The van der Waals surface area contributed by atoms with Crippen LogP contribution in [-0.2, 0) is 0 Å². The zero-order chi connectivity index (χ0) is 24.7. The Morgan fingerprint density at radius 1 is 0.412 bits per heavy atom. The molecule has 0 nitrogen and oxygen atoms in total. The predicted octanol–water partition coefficient (Wildman–Crippen LogP) is 12.4. The van der Waals surface area contributed by atoms with Crippen LogP contribution < -0.4 is 0 Å². The molecule has 1 aromatic rings. The molecule has 198 valence electrons. The molecule has 0 saturated carbocycles. The van der Waals surface area contributed by atoms with Crippen LogP contribution in [0.1, 0.15) is 130 Å². The monoisotopic (exact) mass is 542 g/mol. The summed E-state index contributed by atoms with van der Waals surface area (Å²) in [6, 6.07) is 5.09. The highest BCUT2D eigenvalue weighted by molar-refractivity contribution is 8.04. The molecule has 0 saturated heterocycles. The lowest BCUT2D eigenvalue weighted by Gasteiger charge is -2.17. The van der Waals surface area contributed by atoms with E-state index < -0.39 is 0 Å². The summed E-state index contributed by atoms with van der Waals surface area (Å²) < 4.78 is 0. The molecule has 0 radical (unpaired) electrons. The lowest BCUT2D eigenvalue weighted by atomic mass is 10.2. The Balaban J connectivity index is 2.92. The van der Waals surface area contributed by atoms with Gasteiger partial charge in [0.2, 0.25) is 0 Å². The van der Waals surface area contributed by atoms with E-state index in [1.807, 2.05) is 0 Å². The van der Waals surface area contributed by atoms with Gasteiger partial charge >= 0.3 is 0 Å². The SMILES string of the molecule is CCCCCCSc1cc(SCCCCCC)c(SCCCCCC)c(SCCCCCC)c1. The van der Waals surface area contributed by atoms with E-state index in [9.17, 15) is 0 Å². The molecule has 1 rings (SSSR count). The molecule has 1 aromatic carbocycles. The largest absolute Gasteiger partial charge is 0.126 e. The van der Waals surface area contributed by atoms with Crippen LogP contribution in [0.5, 0.6) is 0 Å². The van der Waals surface area contributed by atoms with Gasteiger partial charge in [-0.05, 0) is 60.8 Å². The first-order chi connectivity index (χ1) is 16.8. The number of benzene rings is 1. The fourth-order valence-electron chi connectivity index (χ4n) is 3.84. The Kier molecular flexibility index (Phi) is 23.0. The van der Waals surface area contributed by atoms with Gasteiger partial charge in [-0.15, -0.1) is 47.0 Å². The molecule has 0 aliphatic rings. The molecule has 0 N–H and O–H groups in total. The molecule has 0 aliphatic heterocycles. The van der Waals surface area contributed by atoms with Crippen LogP contribution in [-0.4, -0.2) is 23.0 Å². The van der Waals surface area contributed by atoms with Crippen molar-refractivity contribution in [3.63, 3.8) is 0 Å².